The molecule has 1 N–H and O–H groups in total. The van der Waals surface area contributed by atoms with Crippen molar-refractivity contribution in [1.82, 2.24) is 0 Å². The zero-order valence-electron chi connectivity index (χ0n) is 9.04. The summed E-state index contributed by atoms with van der Waals surface area (Å²) in [6.45, 7) is 1.85. The van der Waals surface area contributed by atoms with E-state index in [0.29, 0.717) is 6.61 Å². The van der Waals surface area contributed by atoms with Crippen LogP contribution in [0.25, 0.3) is 0 Å². The van der Waals surface area contributed by atoms with Gasteiger partial charge >= 0.3 is 0 Å². The highest BCUT2D eigenvalue weighted by Crippen LogP contribution is 2.59. The summed E-state index contributed by atoms with van der Waals surface area (Å²) in [6, 6.07) is 4.29. The van der Waals surface area contributed by atoms with Crippen molar-refractivity contribution in [2.24, 2.45) is 5.41 Å². The highest BCUT2D eigenvalue weighted by molar-refractivity contribution is 9.11. The van der Waals surface area contributed by atoms with Gasteiger partial charge in [0.25, 0.3) is 0 Å². The van der Waals surface area contributed by atoms with Crippen LogP contribution in [0.5, 0.6) is 0 Å². The minimum Gasteiger partial charge on any atom is -0.396 e. The Hall–Kier alpha value is 0.1000. The van der Waals surface area contributed by atoms with Crippen molar-refractivity contribution in [1.29, 1.82) is 0 Å². The molecular formula is C12H15BrO2S. The monoisotopic (exact) mass is 302 g/mol. The zero-order valence-corrected chi connectivity index (χ0v) is 11.4. The molecule has 1 aliphatic heterocycles. The first-order chi connectivity index (χ1) is 7.72. The molecule has 3 rings (SSSR count). The summed E-state index contributed by atoms with van der Waals surface area (Å²) >= 11 is 5.31. The molecule has 0 atom stereocenters. The second-order valence-corrected chi connectivity index (χ2v) is 7.43. The molecule has 88 valence electrons. The Morgan fingerprint density at radius 3 is 2.44 bits per heavy atom. The Labute approximate surface area is 108 Å². The van der Waals surface area contributed by atoms with E-state index in [1.54, 1.807) is 11.3 Å². The van der Waals surface area contributed by atoms with Crippen LogP contribution in [-0.2, 0) is 10.2 Å². The second-order valence-electron chi connectivity index (χ2n) is 4.97. The highest BCUT2D eigenvalue weighted by atomic mass is 79.9. The van der Waals surface area contributed by atoms with Gasteiger partial charge in [0, 0.05) is 16.9 Å². The summed E-state index contributed by atoms with van der Waals surface area (Å²) in [5.74, 6) is 0. The average Bonchev–Trinajstić information content (AvgIpc) is 2.55. The molecule has 1 aliphatic carbocycles. The van der Waals surface area contributed by atoms with Crippen molar-refractivity contribution in [2.75, 3.05) is 19.8 Å². The molecule has 2 nitrogen and oxygen atoms in total. The van der Waals surface area contributed by atoms with Crippen LogP contribution >= 0.6 is 27.3 Å². The molecule has 2 aliphatic rings. The number of halogens is 1. The van der Waals surface area contributed by atoms with Gasteiger partial charge in [-0.3, -0.25) is 0 Å². The molecule has 1 aromatic rings. The van der Waals surface area contributed by atoms with Gasteiger partial charge in [0.05, 0.1) is 22.4 Å². The second kappa shape index (κ2) is 3.80. The molecule has 1 aromatic heterocycles. The largest absolute Gasteiger partial charge is 0.396 e. The SMILES string of the molecule is OCC1(C2(c3ccc(Br)s3)COC2)CCC1. The summed E-state index contributed by atoms with van der Waals surface area (Å²) in [4.78, 5) is 1.37. The molecule has 1 saturated carbocycles. The first-order valence-electron chi connectivity index (χ1n) is 5.67. The minimum atomic E-state index is 0.0928. The van der Waals surface area contributed by atoms with Crippen LogP contribution in [0, 0.1) is 5.41 Å². The van der Waals surface area contributed by atoms with Gasteiger partial charge < -0.3 is 9.84 Å². The molecule has 16 heavy (non-hydrogen) atoms. The first-order valence-corrected chi connectivity index (χ1v) is 7.28. The van der Waals surface area contributed by atoms with Crippen molar-refractivity contribution >= 4 is 27.3 Å². The average molecular weight is 303 g/mol. The third kappa shape index (κ3) is 1.30. The summed E-state index contributed by atoms with van der Waals surface area (Å²) in [7, 11) is 0. The Balaban J connectivity index is 1.99. The summed E-state index contributed by atoms with van der Waals surface area (Å²) < 4.78 is 6.63. The Morgan fingerprint density at radius 1 is 1.38 bits per heavy atom. The predicted molar refractivity (Wildman–Crippen MR) is 67.9 cm³/mol. The van der Waals surface area contributed by atoms with E-state index in [2.05, 4.69) is 28.1 Å². The number of rotatable bonds is 3. The van der Waals surface area contributed by atoms with Crippen LogP contribution in [0.3, 0.4) is 0 Å². The third-order valence-electron chi connectivity index (χ3n) is 4.37. The molecule has 0 spiro atoms. The van der Waals surface area contributed by atoms with E-state index < -0.39 is 0 Å². The lowest BCUT2D eigenvalue weighted by molar-refractivity contribution is -0.171. The van der Waals surface area contributed by atoms with Crippen molar-refractivity contribution in [3.8, 4) is 0 Å². The summed E-state index contributed by atoms with van der Waals surface area (Å²) in [6.07, 6.45) is 3.53. The Bertz CT molecular complexity index is 388. The lowest BCUT2D eigenvalue weighted by Gasteiger charge is -2.59. The van der Waals surface area contributed by atoms with Crippen LogP contribution in [-0.4, -0.2) is 24.9 Å². The van der Waals surface area contributed by atoms with Gasteiger partial charge in [0.2, 0.25) is 0 Å². The topological polar surface area (TPSA) is 29.5 Å². The third-order valence-corrected chi connectivity index (χ3v) is 6.20. The Kier molecular flexibility index (Phi) is 2.66. The van der Waals surface area contributed by atoms with Crippen LogP contribution in [0.1, 0.15) is 24.1 Å². The molecule has 0 radical (unpaired) electrons. The molecule has 0 amide bonds. The predicted octanol–water partition coefficient (Wildman–Crippen LogP) is 2.94. The molecule has 2 fully saturated rings. The quantitative estimate of drug-likeness (QED) is 0.930. The molecule has 4 heteroatoms. The van der Waals surface area contributed by atoms with Crippen LogP contribution in [0.2, 0.25) is 0 Å². The molecule has 0 unspecified atom stereocenters. The standard InChI is InChI=1S/C12H15BrO2S/c13-10-3-2-9(16-10)12(7-15-8-12)11(6-14)4-1-5-11/h2-3,14H,1,4-8H2. The van der Waals surface area contributed by atoms with Crippen LogP contribution in [0.4, 0.5) is 0 Å². The van der Waals surface area contributed by atoms with Crippen molar-refractivity contribution in [3.05, 3.63) is 20.8 Å². The maximum absolute atomic E-state index is 9.74. The number of aliphatic hydroxyl groups excluding tert-OH is 1. The number of hydrogen-bond donors (Lipinski definition) is 1. The lowest BCUT2D eigenvalue weighted by atomic mass is 9.52. The van der Waals surface area contributed by atoms with Crippen molar-refractivity contribution < 1.29 is 9.84 Å². The molecule has 1 saturated heterocycles. The van der Waals surface area contributed by atoms with Crippen LogP contribution < -0.4 is 0 Å². The van der Waals surface area contributed by atoms with Crippen molar-refractivity contribution in [2.45, 2.75) is 24.7 Å². The summed E-state index contributed by atoms with van der Waals surface area (Å²) in [5, 5.41) is 9.74. The fraction of sp³-hybridized carbons (Fsp3) is 0.667. The van der Waals surface area contributed by atoms with Gasteiger partial charge in [-0.2, -0.15) is 0 Å². The van der Waals surface area contributed by atoms with Gasteiger partial charge in [-0.15, -0.1) is 11.3 Å². The van der Waals surface area contributed by atoms with E-state index in [1.165, 1.54) is 15.1 Å². The van der Waals surface area contributed by atoms with Gasteiger partial charge in [0.15, 0.2) is 0 Å². The number of aliphatic hydroxyl groups is 1. The van der Waals surface area contributed by atoms with E-state index in [-0.39, 0.29) is 10.8 Å². The van der Waals surface area contributed by atoms with E-state index in [4.69, 9.17) is 4.74 Å². The zero-order chi connectivity index (χ0) is 11.2. The van der Waals surface area contributed by atoms with Crippen LogP contribution in [0.15, 0.2) is 15.9 Å². The number of thiophene rings is 1. The smallest absolute Gasteiger partial charge is 0.0701 e. The van der Waals surface area contributed by atoms with Crippen molar-refractivity contribution in [3.63, 3.8) is 0 Å². The molecular weight excluding hydrogens is 288 g/mol. The van der Waals surface area contributed by atoms with Gasteiger partial charge in [-0.1, -0.05) is 6.42 Å². The molecule has 2 heterocycles. The lowest BCUT2D eigenvalue weighted by Crippen LogP contribution is -2.62. The molecule has 0 bridgehead atoms. The van der Waals surface area contributed by atoms with Gasteiger partial charge in [-0.25, -0.2) is 0 Å². The molecule has 0 aromatic carbocycles. The minimum absolute atomic E-state index is 0.0928. The highest BCUT2D eigenvalue weighted by Gasteiger charge is 2.60. The van der Waals surface area contributed by atoms with Gasteiger partial charge in [0.1, 0.15) is 0 Å². The van der Waals surface area contributed by atoms with E-state index in [1.807, 2.05) is 0 Å². The van der Waals surface area contributed by atoms with Gasteiger partial charge in [-0.05, 0) is 40.9 Å². The van der Waals surface area contributed by atoms with E-state index in [0.717, 1.165) is 26.1 Å². The maximum Gasteiger partial charge on any atom is 0.0701 e. The van der Waals surface area contributed by atoms with E-state index >= 15 is 0 Å². The Morgan fingerprint density at radius 2 is 2.12 bits per heavy atom. The van der Waals surface area contributed by atoms with E-state index in [9.17, 15) is 5.11 Å². The maximum atomic E-state index is 9.74. The number of ether oxygens (including phenoxy) is 1. The number of hydrogen-bond acceptors (Lipinski definition) is 3. The fourth-order valence-electron chi connectivity index (χ4n) is 2.98. The normalized spacial score (nSPS) is 25.9. The fourth-order valence-corrected chi connectivity index (χ4v) is 4.65. The first kappa shape index (κ1) is 11.2. The summed E-state index contributed by atoms with van der Waals surface area (Å²) in [5.41, 5.74) is 0.187.